The van der Waals surface area contributed by atoms with Crippen molar-refractivity contribution in [1.29, 1.82) is 0 Å². The highest BCUT2D eigenvalue weighted by Gasteiger charge is 2.56. The van der Waals surface area contributed by atoms with Gasteiger partial charge < -0.3 is 10.2 Å². The Morgan fingerprint density at radius 3 is 2.12 bits per heavy atom. The van der Waals surface area contributed by atoms with Gasteiger partial charge in [-0.1, -0.05) is 24.3 Å². The zero-order chi connectivity index (χ0) is 22.5. The molecular weight excluding hydrogens is 424 g/mol. The molecule has 1 N–H and O–H groups in total. The number of rotatable bonds is 6. The number of hydrogen-bond donors (Lipinski definition) is 1. The molecule has 7 heteroatoms. The van der Waals surface area contributed by atoms with E-state index in [0.29, 0.717) is 30.8 Å². The second kappa shape index (κ2) is 8.15. The van der Waals surface area contributed by atoms with Gasteiger partial charge in [0.15, 0.2) is 9.84 Å². The number of carbonyl (C=O) groups excluding carboxylic acids is 2. The average molecular weight is 459 g/mol. The first-order valence-corrected chi connectivity index (χ1v) is 14.1. The number of nitrogens with zero attached hydrogens (tertiary/aromatic N) is 1. The van der Waals surface area contributed by atoms with E-state index in [1.807, 2.05) is 17.0 Å². The van der Waals surface area contributed by atoms with Crippen LogP contribution in [0.4, 0.5) is 0 Å². The first kappa shape index (κ1) is 21.9. The first-order valence-electron chi connectivity index (χ1n) is 12.1. The van der Waals surface area contributed by atoms with Crippen LogP contribution in [0.2, 0.25) is 0 Å². The van der Waals surface area contributed by atoms with Crippen LogP contribution in [0.3, 0.4) is 0 Å². The highest BCUT2D eigenvalue weighted by atomic mass is 32.2. The predicted molar refractivity (Wildman–Crippen MR) is 122 cm³/mol. The molecule has 6 rings (SSSR count). The molecule has 1 aromatic carbocycles. The van der Waals surface area contributed by atoms with Crippen LogP contribution in [0.1, 0.15) is 62.5 Å². The Morgan fingerprint density at radius 2 is 1.56 bits per heavy atom. The zero-order valence-corrected chi connectivity index (χ0v) is 19.7. The molecule has 6 nitrogen and oxygen atoms in total. The van der Waals surface area contributed by atoms with Gasteiger partial charge in [-0.2, -0.15) is 0 Å². The summed E-state index contributed by atoms with van der Waals surface area (Å²) in [6.07, 6.45) is 9.85. The third-order valence-corrected chi connectivity index (χ3v) is 9.08. The van der Waals surface area contributed by atoms with Crippen LogP contribution in [0.5, 0.6) is 0 Å². The van der Waals surface area contributed by atoms with Crippen LogP contribution in [0, 0.1) is 23.2 Å². The molecule has 174 valence electrons. The van der Waals surface area contributed by atoms with E-state index in [9.17, 15) is 18.0 Å². The van der Waals surface area contributed by atoms with Crippen molar-refractivity contribution in [1.82, 2.24) is 10.2 Å². The lowest BCUT2D eigenvalue weighted by molar-refractivity contribution is -0.160. The van der Waals surface area contributed by atoms with E-state index in [1.165, 1.54) is 25.5 Å². The highest BCUT2D eigenvalue weighted by molar-refractivity contribution is 7.89. The number of nitrogens with one attached hydrogen (secondary N) is 1. The van der Waals surface area contributed by atoms with Gasteiger partial charge in [-0.05, 0) is 80.2 Å². The Balaban J connectivity index is 1.21. The van der Waals surface area contributed by atoms with Crippen molar-refractivity contribution >= 4 is 21.7 Å². The molecule has 5 fully saturated rings. The van der Waals surface area contributed by atoms with Crippen molar-refractivity contribution in [2.24, 2.45) is 23.2 Å². The zero-order valence-electron chi connectivity index (χ0n) is 18.9. The standard InChI is InChI=1S/C25H34N2O4S/c1-32(30,31)16-18-6-4-17(5-7-18)15-26-23(28)22-3-2-8-27(22)24(29)25-12-19-9-20(13-25)11-21(10-19)14-25/h4-7,19-22H,2-3,8-16H2,1H3,(H,26,28). The maximum absolute atomic E-state index is 13.7. The van der Waals surface area contributed by atoms with Gasteiger partial charge in [0, 0.05) is 19.3 Å². The molecule has 32 heavy (non-hydrogen) atoms. The van der Waals surface area contributed by atoms with E-state index in [4.69, 9.17) is 0 Å². The summed E-state index contributed by atoms with van der Waals surface area (Å²) in [5.74, 6) is 2.34. The van der Waals surface area contributed by atoms with Gasteiger partial charge in [0.25, 0.3) is 0 Å². The Morgan fingerprint density at radius 1 is 1.00 bits per heavy atom. The van der Waals surface area contributed by atoms with Crippen LogP contribution in [-0.2, 0) is 31.7 Å². The first-order chi connectivity index (χ1) is 15.2. The van der Waals surface area contributed by atoms with Crippen molar-refractivity contribution in [2.75, 3.05) is 12.8 Å². The van der Waals surface area contributed by atoms with Crippen LogP contribution in [0.15, 0.2) is 24.3 Å². The minimum Gasteiger partial charge on any atom is -0.350 e. The second-order valence-corrected chi connectivity index (χ2v) is 13.1. The summed E-state index contributed by atoms with van der Waals surface area (Å²) in [5.41, 5.74) is 1.46. The molecule has 0 aromatic heterocycles. The maximum atomic E-state index is 13.7. The number of hydrogen-bond acceptors (Lipinski definition) is 4. The Hall–Kier alpha value is -1.89. The molecule has 1 atom stereocenters. The summed E-state index contributed by atoms with van der Waals surface area (Å²) in [5, 5.41) is 3.02. The predicted octanol–water partition coefficient (Wildman–Crippen LogP) is 3.05. The van der Waals surface area contributed by atoms with Crippen LogP contribution < -0.4 is 5.32 Å². The Bertz CT molecular complexity index is 966. The van der Waals surface area contributed by atoms with Gasteiger partial charge in [-0.3, -0.25) is 9.59 Å². The Kier molecular flexibility index (Phi) is 5.59. The van der Waals surface area contributed by atoms with E-state index in [2.05, 4.69) is 5.32 Å². The van der Waals surface area contributed by atoms with E-state index in [1.54, 1.807) is 12.1 Å². The quantitative estimate of drug-likeness (QED) is 0.710. The molecule has 1 aromatic rings. The highest BCUT2D eigenvalue weighted by Crippen LogP contribution is 2.60. The summed E-state index contributed by atoms with van der Waals surface area (Å²) in [6.45, 7) is 1.08. The number of carbonyl (C=O) groups is 2. The fraction of sp³-hybridized carbons (Fsp3) is 0.680. The third-order valence-electron chi connectivity index (χ3n) is 8.23. The molecule has 1 unspecified atom stereocenters. The lowest BCUT2D eigenvalue weighted by atomic mass is 9.49. The number of amides is 2. The van der Waals surface area contributed by atoms with Gasteiger partial charge >= 0.3 is 0 Å². The normalized spacial score (nSPS) is 33.5. The molecule has 0 spiro atoms. The summed E-state index contributed by atoms with van der Waals surface area (Å²) >= 11 is 0. The SMILES string of the molecule is CS(=O)(=O)Cc1ccc(CNC(=O)C2CCCN2C(=O)C23CC4CC(CC(C4)C2)C3)cc1. The number of benzene rings is 1. The monoisotopic (exact) mass is 458 g/mol. The summed E-state index contributed by atoms with van der Waals surface area (Å²) in [4.78, 5) is 28.7. The van der Waals surface area contributed by atoms with Crippen LogP contribution in [-0.4, -0.2) is 44.0 Å². The number of likely N-dealkylation sites (tertiary alicyclic amines) is 1. The average Bonchev–Trinajstić information content (AvgIpc) is 3.20. The molecule has 0 radical (unpaired) electrons. The topological polar surface area (TPSA) is 83.6 Å². The van der Waals surface area contributed by atoms with Crippen molar-refractivity contribution in [3.63, 3.8) is 0 Å². The third kappa shape index (κ3) is 4.33. The molecule has 2 amide bonds. The van der Waals surface area contributed by atoms with Gasteiger partial charge in [0.2, 0.25) is 11.8 Å². The summed E-state index contributed by atoms with van der Waals surface area (Å²) < 4.78 is 22.9. The lowest BCUT2D eigenvalue weighted by Gasteiger charge is -2.56. The van der Waals surface area contributed by atoms with Crippen molar-refractivity contribution in [3.05, 3.63) is 35.4 Å². The fourth-order valence-corrected chi connectivity index (χ4v) is 8.12. The lowest BCUT2D eigenvalue weighted by Crippen LogP contribution is -2.57. The largest absolute Gasteiger partial charge is 0.350 e. The van der Waals surface area contributed by atoms with Crippen molar-refractivity contribution < 1.29 is 18.0 Å². The van der Waals surface area contributed by atoms with Crippen LogP contribution in [0.25, 0.3) is 0 Å². The second-order valence-electron chi connectivity index (χ2n) is 11.0. The minimum absolute atomic E-state index is 0.0170. The van der Waals surface area contributed by atoms with Gasteiger partial charge in [0.1, 0.15) is 6.04 Å². The summed E-state index contributed by atoms with van der Waals surface area (Å²) in [6, 6.07) is 6.93. The van der Waals surface area contributed by atoms with Gasteiger partial charge in [-0.15, -0.1) is 0 Å². The molecular formula is C25H34N2O4S. The van der Waals surface area contributed by atoms with E-state index in [0.717, 1.165) is 43.2 Å². The molecule has 1 saturated heterocycles. The van der Waals surface area contributed by atoms with E-state index in [-0.39, 0.29) is 29.0 Å². The molecule has 4 bridgehead atoms. The Labute approximate surface area is 191 Å². The van der Waals surface area contributed by atoms with Crippen LogP contribution >= 0.6 is 0 Å². The molecule has 4 saturated carbocycles. The summed E-state index contributed by atoms with van der Waals surface area (Å²) in [7, 11) is -3.07. The van der Waals surface area contributed by atoms with E-state index < -0.39 is 9.84 Å². The molecule has 5 aliphatic rings. The molecule has 1 heterocycles. The number of sulfone groups is 1. The minimum atomic E-state index is -3.07. The van der Waals surface area contributed by atoms with Crippen molar-refractivity contribution in [2.45, 2.75) is 69.7 Å². The fourth-order valence-electron chi connectivity index (χ4n) is 7.32. The van der Waals surface area contributed by atoms with Gasteiger partial charge in [0.05, 0.1) is 11.2 Å². The van der Waals surface area contributed by atoms with Crippen molar-refractivity contribution in [3.8, 4) is 0 Å². The molecule has 4 aliphatic carbocycles. The van der Waals surface area contributed by atoms with E-state index >= 15 is 0 Å². The maximum Gasteiger partial charge on any atom is 0.243 e. The molecule has 1 aliphatic heterocycles. The van der Waals surface area contributed by atoms with Gasteiger partial charge in [-0.25, -0.2) is 8.42 Å². The smallest absolute Gasteiger partial charge is 0.243 e.